The Balaban J connectivity index is 1.57. The SMILES string of the molecule is CC(=O)O[C@@H]1C[C@@]23COC[C@@](C)([C@@H]2CC[C@H]2C3=CC[C@@]3(C)[C@H](C(=O)O)[C@@](C)([C@H](C)C(C)C)CC[C@]23C)[C@H]1OC(=O)CN=C(N)N. The van der Waals surface area contributed by atoms with Crippen molar-refractivity contribution in [3.8, 4) is 0 Å². The van der Waals surface area contributed by atoms with Crippen molar-refractivity contribution >= 4 is 23.9 Å². The zero-order valence-corrected chi connectivity index (χ0v) is 28.5. The van der Waals surface area contributed by atoms with Crippen LogP contribution in [0.5, 0.6) is 0 Å². The second-order valence-electron chi connectivity index (χ2n) is 16.3. The molecule has 1 aliphatic heterocycles. The fraction of sp³-hybridized carbons (Fsp3) is 0.829. The number of carboxylic acid groups (broad SMARTS) is 1. The Labute approximate surface area is 268 Å². The minimum absolute atomic E-state index is 0.131. The lowest BCUT2D eigenvalue weighted by Crippen LogP contribution is -2.70. The van der Waals surface area contributed by atoms with Crippen molar-refractivity contribution in [3.63, 3.8) is 0 Å². The molecule has 1 heterocycles. The van der Waals surface area contributed by atoms with Gasteiger partial charge in [0, 0.05) is 17.8 Å². The third-order valence-corrected chi connectivity index (χ3v) is 14.0. The summed E-state index contributed by atoms with van der Waals surface area (Å²) in [4.78, 5) is 42.5. The Kier molecular flexibility index (Phi) is 8.45. The molecule has 45 heavy (non-hydrogen) atoms. The van der Waals surface area contributed by atoms with E-state index >= 15 is 0 Å². The van der Waals surface area contributed by atoms with Crippen molar-refractivity contribution in [3.05, 3.63) is 11.6 Å². The number of fused-ring (bicyclic) bond motifs is 3. The molecule has 5 aliphatic rings. The molecular weight excluding hydrogens is 574 g/mol. The number of carbonyl (C=O) groups is 3. The van der Waals surface area contributed by atoms with Gasteiger partial charge in [0.15, 0.2) is 5.96 Å². The molecule has 5 N–H and O–H groups in total. The molecule has 4 aliphatic carbocycles. The Morgan fingerprint density at radius 1 is 1.04 bits per heavy atom. The first-order valence-electron chi connectivity index (χ1n) is 16.8. The molecule has 0 amide bonds. The second-order valence-corrected chi connectivity index (χ2v) is 16.3. The molecular formula is C35H55N3O7. The summed E-state index contributed by atoms with van der Waals surface area (Å²) >= 11 is 0. The second kappa shape index (κ2) is 11.3. The summed E-state index contributed by atoms with van der Waals surface area (Å²) in [5.41, 5.74) is 10.2. The number of rotatable bonds is 7. The summed E-state index contributed by atoms with van der Waals surface area (Å²) in [5, 5.41) is 10.9. The van der Waals surface area contributed by atoms with Crippen LogP contribution in [-0.4, -0.2) is 60.9 Å². The highest BCUT2D eigenvalue weighted by Crippen LogP contribution is 2.75. The fourth-order valence-corrected chi connectivity index (χ4v) is 11.4. The number of guanidine groups is 1. The van der Waals surface area contributed by atoms with Crippen molar-refractivity contribution in [1.29, 1.82) is 0 Å². The fourth-order valence-electron chi connectivity index (χ4n) is 11.4. The van der Waals surface area contributed by atoms with Gasteiger partial charge in [0.05, 0.1) is 19.1 Å². The Morgan fingerprint density at radius 2 is 1.73 bits per heavy atom. The van der Waals surface area contributed by atoms with Gasteiger partial charge in [0.1, 0.15) is 18.8 Å². The predicted octanol–water partition coefficient (Wildman–Crippen LogP) is 4.69. The normalized spacial score (nSPS) is 44.3. The number of hydrogen-bond acceptors (Lipinski definition) is 7. The van der Waals surface area contributed by atoms with Gasteiger partial charge in [-0.2, -0.15) is 0 Å². The number of carbonyl (C=O) groups excluding carboxylic acids is 2. The van der Waals surface area contributed by atoms with Crippen molar-refractivity contribution in [2.45, 2.75) is 106 Å². The molecule has 0 aromatic carbocycles. The molecule has 3 saturated carbocycles. The quantitative estimate of drug-likeness (QED) is 0.157. The lowest BCUT2D eigenvalue weighted by molar-refractivity contribution is -0.262. The average Bonchev–Trinajstić information content (AvgIpc) is 2.93. The summed E-state index contributed by atoms with van der Waals surface area (Å²) in [6.07, 6.45) is 5.77. The van der Waals surface area contributed by atoms with E-state index in [-0.39, 0.29) is 41.1 Å². The lowest BCUT2D eigenvalue weighted by Gasteiger charge is -2.71. The highest BCUT2D eigenvalue weighted by Gasteiger charge is 2.72. The van der Waals surface area contributed by atoms with E-state index in [0.29, 0.717) is 32.0 Å². The van der Waals surface area contributed by atoms with E-state index in [9.17, 15) is 19.5 Å². The molecule has 0 unspecified atom stereocenters. The van der Waals surface area contributed by atoms with Gasteiger partial charge in [-0.3, -0.25) is 14.4 Å². The van der Waals surface area contributed by atoms with Gasteiger partial charge < -0.3 is 30.8 Å². The maximum Gasteiger partial charge on any atom is 0.328 e. The van der Waals surface area contributed by atoms with Crippen molar-refractivity contribution in [2.24, 2.45) is 73.1 Å². The molecule has 0 spiro atoms. The molecule has 11 atom stereocenters. The average molecular weight is 630 g/mol. The number of esters is 2. The van der Waals surface area contributed by atoms with Gasteiger partial charge in [0.2, 0.25) is 0 Å². The number of hydrogen-bond donors (Lipinski definition) is 3. The smallest absolute Gasteiger partial charge is 0.328 e. The minimum Gasteiger partial charge on any atom is -0.481 e. The number of aliphatic imine (C=N–C) groups is 1. The molecule has 10 nitrogen and oxygen atoms in total. The topological polar surface area (TPSA) is 164 Å². The van der Waals surface area contributed by atoms with E-state index in [1.807, 2.05) is 0 Å². The number of carboxylic acids is 1. The minimum atomic E-state index is -0.715. The van der Waals surface area contributed by atoms with Crippen LogP contribution in [0.25, 0.3) is 0 Å². The molecule has 5 rings (SSSR count). The third-order valence-electron chi connectivity index (χ3n) is 14.0. The zero-order chi connectivity index (χ0) is 33.3. The first kappa shape index (κ1) is 33.7. The van der Waals surface area contributed by atoms with Gasteiger partial charge >= 0.3 is 17.9 Å². The van der Waals surface area contributed by atoms with E-state index in [4.69, 9.17) is 25.7 Å². The molecule has 0 aromatic rings. The van der Waals surface area contributed by atoms with Crippen LogP contribution in [-0.2, 0) is 28.6 Å². The molecule has 0 aromatic heterocycles. The van der Waals surface area contributed by atoms with Crippen LogP contribution in [0.4, 0.5) is 0 Å². The number of aliphatic carboxylic acids is 1. The molecule has 2 bridgehead atoms. The summed E-state index contributed by atoms with van der Waals surface area (Å²) in [6.45, 7) is 17.5. The Morgan fingerprint density at radius 3 is 2.33 bits per heavy atom. The number of nitrogens with zero attached hydrogens (tertiary/aromatic N) is 1. The van der Waals surface area contributed by atoms with E-state index < -0.39 is 52.3 Å². The summed E-state index contributed by atoms with van der Waals surface area (Å²) < 4.78 is 18.4. The molecule has 10 heteroatoms. The number of ether oxygens (including phenoxy) is 3. The van der Waals surface area contributed by atoms with Crippen molar-refractivity contribution in [1.82, 2.24) is 0 Å². The maximum absolute atomic E-state index is 13.3. The van der Waals surface area contributed by atoms with E-state index in [2.05, 4.69) is 59.5 Å². The van der Waals surface area contributed by atoms with Gasteiger partial charge in [0.25, 0.3) is 0 Å². The summed E-state index contributed by atoms with van der Waals surface area (Å²) in [5.74, 6) is -1.42. The summed E-state index contributed by atoms with van der Waals surface area (Å²) in [6, 6.07) is 0. The lowest BCUT2D eigenvalue weighted by atomic mass is 9.34. The van der Waals surface area contributed by atoms with Crippen molar-refractivity contribution < 1.29 is 33.7 Å². The monoisotopic (exact) mass is 629 g/mol. The summed E-state index contributed by atoms with van der Waals surface area (Å²) in [7, 11) is 0. The Hall–Kier alpha value is -2.62. The number of allylic oxidation sites excluding steroid dienone is 1. The molecule has 4 fully saturated rings. The van der Waals surface area contributed by atoms with E-state index in [0.717, 1.165) is 25.7 Å². The van der Waals surface area contributed by atoms with Crippen LogP contribution in [0, 0.1) is 56.7 Å². The van der Waals surface area contributed by atoms with Crippen LogP contribution in [0.1, 0.15) is 93.9 Å². The van der Waals surface area contributed by atoms with E-state index in [1.165, 1.54) is 12.5 Å². The van der Waals surface area contributed by atoms with Crippen LogP contribution in [0.15, 0.2) is 16.6 Å². The third kappa shape index (κ3) is 4.91. The number of nitrogens with two attached hydrogens (primary N) is 2. The van der Waals surface area contributed by atoms with E-state index in [1.54, 1.807) is 0 Å². The van der Waals surface area contributed by atoms with Gasteiger partial charge in [-0.1, -0.05) is 60.1 Å². The molecule has 252 valence electrons. The Bertz CT molecular complexity index is 1290. The van der Waals surface area contributed by atoms with Crippen LogP contribution in [0.2, 0.25) is 0 Å². The van der Waals surface area contributed by atoms with Crippen LogP contribution < -0.4 is 11.5 Å². The highest BCUT2D eigenvalue weighted by atomic mass is 16.6. The van der Waals surface area contributed by atoms with Gasteiger partial charge in [-0.05, 0) is 78.4 Å². The van der Waals surface area contributed by atoms with Crippen molar-refractivity contribution in [2.75, 3.05) is 19.8 Å². The molecule has 0 radical (unpaired) electrons. The predicted molar refractivity (Wildman–Crippen MR) is 170 cm³/mol. The molecule has 1 saturated heterocycles. The van der Waals surface area contributed by atoms with Gasteiger partial charge in [-0.15, -0.1) is 0 Å². The van der Waals surface area contributed by atoms with Gasteiger partial charge in [-0.25, -0.2) is 4.99 Å². The standard InChI is InChI=1S/C35H55N3O7/c1-19(2)20(3)31(5)13-14-33(7)22-9-10-25-32(6)17-43-18-35(25,23(22)11-12-34(33,8)27(31)29(41)42)15-24(44-21(4)39)28(32)45-26(40)16-38-30(36)37/h11,19-20,22,24-25,27-28H,9-10,12-18H2,1-8H3,(H,41,42)(H4,36,37,38)/t20-,22+,24-,25+,27-,28+,31-,32+,33-,34+,35+/m1/s1. The highest BCUT2D eigenvalue weighted by molar-refractivity contribution is 5.80. The maximum atomic E-state index is 13.3. The first-order valence-corrected chi connectivity index (χ1v) is 16.8. The first-order chi connectivity index (χ1) is 20.9. The van der Waals surface area contributed by atoms with Crippen LogP contribution >= 0.6 is 0 Å². The largest absolute Gasteiger partial charge is 0.481 e. The van der Waals surface area contributed by atoms with Crippen LogP contribution in [0.3, 0.4) is 0 Å². The zero-order valence-electron chi connectivity index (χ0n) is 28.5.